The molecule has 0 amide bonds. The lowest BCUT2D eigenvalue weighted by atomic mass is 10.2. The molecule has 0 fully saturated rings. The van der Waals surface area contributed by atoms with Crippen LogP contribution in [-0.2, 0) is 11.2 Å². The van der Waals surface area contributed by atoms with E-state index in [0.717, 1.165) is 12.0 Å². The van der Waals surface area contributed by atoms with Crippen molar-refractivity contribution in [1.29, 1.82) is 0 Å². The topological polar surface area (TPSA) is 30.0 Å². The standard InChI is InChI=1S/C8H10NOP/c10-8(11)4-3-7-2-1-5-9-6-7/h1-2,5-6H,3-4,11H2. The molecule has 1 rings (SSSR count). The monoisotopic (exact) mass is 167 g/mol. The Bertz CT molecular complexity index is 235. The average Bonchev–Trinajstić information content (AvgIpc) is 2.03. The molecule has 0 aliphatic rings. The first-order chi connectivity index (χ1) is 5.29. The number of aromatic nitrogens is 1. The van der Waals surface area contributed by atoms with Gasteiger partial charge in [0.15, 0.2) is 0 Å². The van der Waals surface area contributed by atoms with Crippen molar-refractivity contribution in [3.8, 4) is 0 Å². The summed E-state index contributed by atoms with van der Waals surface area (Å²) in [5.74, 6) is 0. The van der Waals surface area contributed by atoms with Crippen LogP contribution >= 0.6 is 9.24 Å². The molecule has 1 aromatic heterocycles. The molecule has 1 atom stereocenters. The van der Waals surface area contributed by atoms with Crippen LogP contribution in [0.5, 0.6) is 0 Å². The predicted molar refractivity (Wildman–Crippen MR) is 47.3 cm³/mol. The summed E-state index contributed by atoms with van der Waals surface area (Å²) in [5, 5.41) is 0. The Labute approximate surface area is 68.2 Å². The smallest absolute Gasteiger partial charge is 0.148 e. The predicted octanol–water partition coefficient (Wildman–Crippen LogP) is 1.42. The highest BCUT2D eigenvalue weighted by atomic mass is 31.0. The van der Waals surface area contributed by atoms with E-state index in [2.05, 4.69) is 14.2 Å². The lowest BCUT2D eigenvalue weighted by molar-refractivity contribution is -0.111. The van der Waals surface area contributed by atoms with Gasteiger partial charge >= 0.3 is 0 Å². The van der Waals surface area contributed by atoms with Crippen LogP contribution in [0.4, 0.5) is 0 Å². The molecule has 0 aliphatic carbocycles. The summed E-state index contributed by atoms with van der Waals surface area (Å²) in [6.45, 7) is 0. The molecule has 3 heteroatoms. The number of carbonyl (C=O) groups excluding carboxylic acids is 1. The van der Waals surface area contributed by atoms with Crippen molar-refractivity contribution in [3.05, 3.63) is 30.1 Å². The zero-order valence-corrected chi connectivity index (χ0v) is 7.31. The molecular formula is C8H10NOP. The van der Waals surface area contributed by atoms with Gasteiger partial charge in [-0.05, 0) is 18.1 Å². The Morgan fingerprint density at radius 3 is 3.00 bits per heavy atom. The minimum atomic E-state index is 0.147. The molecule has 1 aromatic rings. The fraction of sp³-hybridized carbons (Fsp3) is 0.250. The normalized spacial score (nSPS) is 9.55. The van der Waals surface area contributed by atoms with Crippen molar-refractivity contribution in [2.24, 2.45) is 0 Å². The molecular weight excluding hydrogens is 157 g/mol. The van der Waals surface area contributed by atoms with Crippen molar-refractivity contribution in [3.63, 3.8) is 0 Å². The Balaban J connectivity index is 2.45. The van der Waals surface area contributed by atoms with E-state index in [1.165, 1.54) is 0 Å². The number of aryl methyl sites for hydroxylation is 1. The highest BCUT2D eigenvalue weighted by Crippen LogP contribution is 2.02. The van der Waals surface area contributed by atoms with E-state index in [0.29, 0.717) is 6.42 Å². The number of nitrogens with zero attached hydrogens (tertiary/aromatic N) is 1. The zero-order valence-electron chi connectivity index (χ0n) is 6.16. The van der Waals surface area contributed by atoms with E-state index in [9.17, 15) is 4.79 Å². The Morgan fingerprint density at radius 1 is 1.64 bits per heavy atom. The van der Waals surface area contributed by atoms with Crippen LogP contribution in [0.2, 0.25) is 0 Å². The van der Waals surface area contributed by atoms with Crippen molar-refractivity contribution in [2.45, 2.75) is 12.8 Å². The molecule has 1 unspecified atom stereocenters. The third-order valence-electron chi connectivity index (χ3n) is 1.38. The minimum Gasteiger partial charge on any atom is -0.295 e. The van der Waals surface area contributed by atoms with Crippen molar-refractivity contribution < 1.29 is 4.79 Å². The van der Waals surface area contributed by atoms with Crippen LogP contribution in [0.15, 0.2) is 24.5 Å². The van der Waals surface area contributed by atoms with Crippen molar-refractivity contribution in [2.75, 3.05) is 0 Å². The van der Waals surface area contributed by atoms with Gasteiger partial charge in [-0.1, -0.05) is 15.3 Å². The highest BCUT2D eigenvalue weighted by Gasteiger charge is 1.94. The second-order valence-electron chi connectivity index (χ2n) is 2.33. The van der Waals surface area contributed by atoms with Gasteiger partial charge in [-0.25, -0.2) is 0 Å². The number of hydrogen-bond donors (Lipinski definition) is 0. The molecule has 1 heterocycles. The molecule has 0 aromatic carbocycles. The molecule has 0 N–H and O–H groups in total. The summed E-state index contributed by atoms with van der Waals surface area (Å²) in [7, 11) is 2.17. The Morgan fingerprint density at radius 2 is 2.45 bits per heavy atom. The first kappa shape index (κ1) is 8.35. The van der Waals surface area contributed by atoms with Gasteiger partial charge in [-0.2, -0.15) is 0 Å². The first-order valence-electron chi connectivity index (χ1n) is 3.46. The molecule has 58 valence electrons. The molecule has 0 spiro atoms. The molecule has 0 aliphatic heterocycles. The maximum atomic E-state index is 10.6. The van der Waals surface area contributed by atoms with Gasteiger partial charge in [0.05, 0.1) is 0 Å². The zero-order chi connectivity index (χ0) is 8.10. The van der Waals surface area contributed by atoms with Crippen LogP contribution in [0.1, 0.15) is 12.0 Å². The van der Waals surface area contributed by atoms with E-state index in [1.807, 2.05) is 12.1 Å². The van der Waals surface area contributed by atoms with Crippen LogP contribution in [0.25, 0.3) is 0 Å². The molecule has 0 saturated carbocycles. The van der Waals surface area contributed by atoms with Gasteiger partial charge in [-0.15, -0.1) is 0 Å². The fourth-order valence-electron chi connectivity index (χ4n) is 0.814. The van der Waals surface area contributed by atoms with Crippen molar-refractivity contribution >= 4 is 14.8 Å². The summed E-state index contributed by atoms with van der Waals surface area (Å²) in [4.78, 5) is 14.5. The van der Waals surface area contributed by atoms with Crippen LogP contribution in [0, 0.1) is 0 Å². The second kappa shape index (κ2) is 4.20. The summed E-state index contributed by atoms with van der Waals surface area (Å²) < 4.78 is 0. The highest BCUT2D eigenvalue weighted by molar-refractivity contribution is 7.40. The SMILES string of the molecule is O=C(P)CCc1cccnc1. The van der Waals surface area contributed by atoms with E-state index in [4.69, 9.17) is 0 Å². The average molecular weight is 167 g/mol. The molecule has 0 radical (unpaired) electrons. The van der Waals surface area contributed by atoms with E-state index >= 15 is 0 Å². The Hall–Kier alpha value is -0.750. The lowest BCUT2D eigenvalue weighted by Gasteiger charge is -1.95. The first-order valence-corrected chi connectivity index (χ1v) is 4.04. The maximum Gasteiger partial charge on any atom is 0.148 e. The van der Waals surface area contributed by atoms with E-state index in [-0.39, 0.29) is 5.52 Å². The summed E-state index contributed by atoms with van der Waals surface area (Å²) in [5.41, 5.74) is 1.26. The summed E-state index contributed by atoms with van der Waals surface area (Å²) in [6, 6.07) is 3.85. The van der Waals surface area contributed by atoms with Gasteiger partial charge in [-0.3, -0.25) is 9.78 Å². The molecule has 11 heavy (non-hydrogen) atoms. The second-order valence-corrected chi connectivity index (χ2v) is 2.97. The lowest BCUT2D eigenvalue weighted by Crippen LogP contribution is -1.90. The van der Waals surface area contributed by atoms with Crippen LogP contribution in [-0.4, -0.2) is 10.5 Å². The quantitative estimate of drug-likeness (QED) is 0.637. The Kier molecular flexibility index (Phi) is 3.18. The van der Waals surface area contributed by atoms with Crippen LogP contribution in [0.3, 0.4) is 0 Å². The maximum absolute atomic E-state index is 10.6. The number of hydrogen-bond acceptors (Lipinski definition) is 2. The third-order valence-corrected chi connectivity index (χ3v) is 1.67. The van der Waals surface area contributed by atoms with E-state index in [1.54, 1.807) is 12.4 Å². The number of pyridine rings is 1. The van der Waals surface area contributed by atoms with E-state index < -0.39 is 0 Å². The fourth-order valence-corrected chi connectivity index (χ4v) is 0.958. The van der Waals surface area contributed by atoms with Gasteiger partial charge in [0.2, 0.25) is 0 Å². The van der Waals surface area contributed by atoms with Gasteiger partial charge in [0.25, 0.3) is 0 Å². The van der Waals surface area contributed by atoms with Crippen LogP contribution < -0.4 is 0 Å². The van der Waals surface area contributed by atoms with Gasteiger partial charge in [0, 0.05) is 18.8 Å². The summed E-state index contributed by atoms with van der Waals surface area (Å²) in [6.07, 6.45) is 4.88. The largest absolute Gasteiger partial charge is 0.295 e. The van der Waals surface area contributed by atoms with Crippen molar-refractivity contribution in [1.82, 2.24) is 4.98 Å². The summed E-state index contributed by atoms with van der Waals surface area (Å²) >= 11 is 0. The molecule has 0 saturated heterocycles. The third kappa shape index (κ3) is 3.24. The minimum absolute atomic E-state index is 0.147. The van der Waals surface area contributed by atoms with Gasteiger partial charge < -0.3 is 0 Å². The molecule has 0 bridgehead atoms. The number of rotatable bonds is 3. The van der Waals surface area contributed by atoms with Gasteiger partial charge in [0.1, 0.15) is 5.52 Å². The molecule has 2 nitrogen and oxygen atoms in total. The number of carbonyl (C=O) groups is 1.